The second kappa shape index (κ2) is 5.89. The molecule has 0 saturated carbocycles. The van der Waals surface area contributed by atoms with Gasteiger partial charge in [0, 0.05) is 23.3 Å². The lowest BCUT2D eigenvalue weighted by Gasteiger charge is -2.20. The lowest BCUT2D eigenvalue weighted by atomic mass is 10.1. The average Bonchev–Trinajstić information content (AvgIpc) is 2.28. The monoisotopic (exact) mass is 255 g/mol. The highest BCUT2D eigenvalue weighted by atomic mass is 35.5. The van der Waals surface area contributed by atoms with Crippen LogP contribution in [0, 0.1) is 0 Å². The molecule has 0 aromatic heterocycles. The number of amides is 1. The van der Waals surface area contributed by atoms with E-state index in [0.29, 0.717) is 22.8 Å². The van der Waals surface area contributed by atoms with Crippen molar-refractivity contribution < 1.29 is 4.79 Å². The summed E-state index contributed by atoms with van der Waals surface area (Å²) in [5.74, 6) is -0.196. The quantitative estimate of drug-likeness (QED) is 0.804. The van der Waals surface area contributed by atoms with Crippen molar-refractivity contribution in [3.8, 4) is 0 Å². The Labute approximate surface area is 107 Å². The van der Waals surface area contributed by atoms with Crippen LogP contribution < -0.4 is 11.1 Å². The van der Waals surface area contributed by atoms with Gasteiger partial charge in [-0.05, 0) is 39.2 Å². The highest BCUT2D eigenvalue weighted by Crippen LogP contribution is 2.17. The molecule has 0 bridgehead atoms. The minimum absolute atomic E-state index is 0.196. The van der Waals surface area contributed by atoms with Crippen LogP contribution >= 0.6 is 11.6 Å². The van der Waals surface area contributed by atoms with Gasteiger partial charge in [-0.2, -0.15) is 0 Å². The smallest absolute Gasteiger partial charge is 0.253 e. The van der Waals surface area contributed by atoms with Gasteiger partial charge in [-0.1, -0.05) is 11.6 Å². The molecule has 0 aliphatic carbocycles. The van der Waals surface area contributed by atoms with Crippen molar-refractivity contribution in [3.05, 3.63) is 28.8 Å². The zero-order valence-corrected chi connectivity index (χ0v) is 11.1. The Bertz CT molecular complexity index is 407. The summed E-state index contributed by atoms with van der Waals surface area (Å²) in [7, 11) is 3.93. The molecule has 1 rings (SSSR count). The maximum Gasteiger partial charge on any atom is 0.253 e. The van der Waals surface area contributed by atoms with Gasteiger partial charge in [-0.25, -0.2) is 0 Å². The number of likely N-dealkylation sites (N-methyl/N-ethyl adjacent to an activating group) is 1. The molecule has 1 amide bonds. The number of benzene rings is 1. The first kappa shape index (κ1) is 13.8. The molecule has 1 aromatic carbocycles. The molecule has 0 fully saturated rings. The molecule has 0 spiro atoms. The first-order chi connectivity index (χ1) is 7.91. The number of halogens is 1. The van der Waals surface area contributed by atoms with Crippen molar-refractivity contribution in [1.82, 2.24) is 10.2 Å². The summed E-state index contributed by atoms with van der Waals surface area (Å²) in [5, 5.41) is 3.33. The summed E-state index contributed by atoms with van der Waals surface area (Å²) in [6.45, 7) is 2.60. The lowest BCUT2D eigenvalue weighted by Crippen LogP contribution is -2.38. The average molecular weight is 256 g/mol. The Balaban J connectivity index is 2.67. The molecule has 0 radical (unpaired) electrons. The summed E-state index contributed by atoms with van der Waals surface area (Å²) >= 11 is 5.83. The van der Waals surface area contributed by atoms with E-state index in [1.807, 2.05) is 25.9 Å². The maximum absolute atomic E-state index is 11.9. The molecular formula is C12H18ClN3O. The summed E-state index contributed by atoms with van der Waals surface area (Å²) in [6, 6.07) is 5.13. The Morgan fingerprint density at radius 1 is 1.53 bits per heavy atom. The van der Waals surface area contributed by atoms with Crippen molar-refractivity contribution in [3.63, 3.8) is 0 Å². The Morgan fingerprint density at radius 2 is 2.18 bits per heavy atom. The van der Waals surface area contributed by atoms with Crippen LogP contribution in [0.3, 0.4) is 0 Å². The fourth-order valence-corrected chi connectivity index (χ4v) is 1.42. The number of anilines is 1. The van der Waals surface area contributed by atoms with Gasteiger partial charge in [-0.15, -0.1) is 0 Å². The van der Waals surface area contributed by atoms with Crippen LogP contribution in [0.5, 0.6) is 0 Å². The number of nitrogens with two attached hydrogens (primary N) is 1. The number of nitrogens with one attached hydrogen (secondary N) is 1. The minimum atomic E-state index is -0.196. The van der Waals surface area contributed by atoms with Crippen molar-refractivity contribution >= 4 is 23.2 Å². The van der Waals surface area contributed by atoms with Crippen LogP contribution in [-0.2, 0) is 0 Å². The van der Waals surface area contributed by atoms with Crippen molar-refractivity contribution in [2.24, 2.45) is 0 Å². The molecule has 1 aromatic rings. The zero-order chi connectivity index (χ0) is 13.0. The largest absolute Gasteiger partial charge is 0.398 e. The van der Waals surface area contributed by atoms with E-state index < -0.39 is 0 Å². The number of carbonyl (C=O) groups excluding carboxylic acids is 1. The Morgan fingerprint density at radius 3 is 2.76 bits per heavy atom. The molecule has 4 nitrogen and oxygen atoms in total. The first-order valence-corrected chi connectivity index (χ1v) is 5.79. The number of rotatable bonds is 4. The summed E-state index contributed by atoms with van der Waals surface area (Å²) in [5.41, 5.74) is 6.58. The van der Waals surface area contributed by atoms with Crippen molar-refractivity contribution in [2.45, 2.75) is 13.0 Å². The van der Waals surface area contributed by atoms with E-state index in [0.717, 1.165) is 0 Å². The molecule has 0 saturated heterocycles. The first-order valence-electron chi connectivity index (χ1n) is 5.41. The van der Waals surface area contributed by atoms with Crippen LogP contribution in [-0.4, -0.2) is 37.5 Å². The molecular weight excluding hydrogens is 238 g/mol. The topological polar surface area (TPSA) is 58.4 Å². The standard InChI is InChI=1S/C12H18ClN3O/c1-8(16(2)3)7-15-12(17)10-6-9(13)4-5-11(10)14/h4-6,8H,7,14H2,1-3H3,(H,15,17). The fraction of sp³-hybridized carbons (Fsp3) is 0.417. The Kier molecular flexibility index (Phi) is 4.78. The molecule has 0 aliphatic rings. The third-order valence-electron chi connectivity index (χ3n) is 2.70. The van der Waals surface area contributed by atoms with Crippen molar-refractivity contribution in [2.75, 3.05) is 26.4 Å². The molecule has 0 aliphatic heterocycles. The molecule has 3 N–H and O–H groups in total. The predicted molar refractivity (Wildman–Crippen MR) is 71.3 cm³/mol. The van der Waals surface area contributed by atoms with Gasteiger partial charge in [-0.3, -0.25) is 4.79 Å². The van der Waals surface area contributed by atoms with Gasteiger partial charge >= 0.3 is 0 Å². The molecule has 17 heavy (non-hydrogen) atoms. The SMILES string of the molecule is CC(CNC(=O)c1cc(Cl)ccc1N)N(C)C. The van der Waals surface area contributed by atoms with E-state index in [1.165, 1.54) is 0 Å². The predicted octanol–water partition coefficient (Wildman–Crippen LogP) is 1.60. The minimum Gasteiger partial charge on any atom is -0.398 e. The normalized spacial score (nSPS) is 12.5. The molecule has 0 heterocycles. The molecule has 1 unspecified atom stereocenters. The number of nitrogen functional groups attached to an aromatic ring is 1. The third kappa shape index (κ3) is 3.91. The van der Waals surface area contributed by atoms with E-state index in [1.54, 1.807) is 18.2 Å². The third-order valence-corrected chi connectivity index (χ3v) is 2.93. The molecule has 1 atom stereocenters. The van der Waals surface area contributed by atoms with Gasteiger partial charge < -0.3 is 16.0 Å². The van der Waals surface area contributed by atoms with Gasteiger partial charge in [0.15, 0.2) is 0 Å². The summed E-state index contributed by atoms with van der Waals surface area (Å²) < 4.78 is 0. The second-order valence-electron chi connectivity index (χ2n) is 4.25. The van der Waals surface area contributed by atoms with E-state index in [-0.39, 0.29) is 11.9 Å². The van der Waals surface area contributed by atoms with E-state index in [2.05, 4.69) is 5.32 Å². The summed E-state index contributed by atoms with van der Waals surface area (Å²) in [6.07, 6.45) is 0. The zero-order valence-electron chi connectivity index (χ0n) is 10.3. The van der Waals surface area contributed by atoms with Crippen LogP contribution in [0.4, 0.5) is 5.69 Å². The Hall–Kier alpha value is -1.26. The van der Waals surface area contributed by atoms with Crippen LogP contribution in [0.25, 0.3) is 0 Å². The second-order valence-corrected chi connectivity index (χ2v) is 4.69. The number of hydrogen-bond donors (Lipinski definition) is 2. The van der Waals surface area contributed by atoms with Crippen molar-refractivity contribution in [1.29, 1.82) is 0 Å². The van der Waals surface area contributed by atoms with Crippen LogP contribution in [0.2, 0.25) is 5.02 Å². The molecule has 94 valence electrons. The van der Waals surface area contributed by atoms with Gasteiger partial charge in [0.1, 0.15) is 0 Å². The van der Waals surface area contributed by atoms with Crippen LogP contribution in [0.15, 0.2) is 18.2 Å². The van der Waals surface area contributed by atoms with E-state index in [9.17, 15) is 4.79 Å². The fourth-order valence-electron chi connectivity index (χ4n) is 1.24. The lowest BCUT2D eigenvalue weighted by molar-refractivity contribution is 0.0944. The highest BCUT2D eigenvalue weighted by Gasteiger charge is 2.12. The van der Waals surface area contributed by atoms with Gasteiger partial charge in [0.2, 0.25) is 0 Å². The van der Waals surface area contributed by atoms with E-state index >= 15 is 0 Å². The highest BCUT2D eigenvalue weighted by molar-refractivity contribution is 6.31. The number of nitrogens with zero attached hydrogens (tertiary/aromatic N) is 1. The maximum atomic E-state index is 11.9. The van der Waals surface area contributed by atoms with Gasteiger partial charge in [0.05, 0.1) is 5.56 Å². The van der Waals surface area contributed by atoms with Crippen LogP contribution in [0.1, 0.15) is 17.3 Å². The number of carbonyl (C=O) groups is 1. The summed E-state index contributed by atoms with van der Waals surface area (Å²) in [4.78, 5) is 13.9. The van der Waals surface area contributed by atoms with E-state index in [4.69, 9.17) is 17.3 Å². The number of hydrogen-bond acceptors (Lipinski definition) is 3. The molecule has 5 heteroatoms. The van der Waals surface area contributed by atoms with Gasteiger partial charge in [0.25, 0.3) is 5.91 Å².